The minimum absolute atomic E-state index is 0.543. The fourth-order valence-corrected chi connectivity index (χ4v) is 2.83. The van der Waals surface area contributed by atoms with E-state index in [2.05, 4.69) is 11.1 Å². The van der Waals surface area contributed by atoms with Crippen LogP contribution in [0.1, 0.15) is 37.5 Å². The normalized spacial score (nSPS) is 16.9. The fourth-order valence-electron chi connectivity index (χ4n) is 2.83. The summed E-state index contributed by atoms with van der Waals surface area (Å²) >= 11 is 0. The quantitative estimate of drug-likeness (QED) is 0.802. The number of rotatable bonds is 4. The molecule has 2 aromatic rings. The number of ether oxygens (including phenoxy) is 2. The molecule has 4 nitrogen and oxygen atoms in total. The van der Waals surface area contributed by atoms with Gasteiger partial charge in [-0.2, -0.15) is 0 Å². The first-order valence-electron chi connectivity index (χ1n) is 7.61. The third kappa shape index (κ3) is 2.49. The summed E-state index contributed by atoms with van der Waals surface area (Å²) in [5.41, 5.74) is 2.39. The number of aromatic nitrogens is 1. The highest BCUT2D eigenvalue weighted by Crippen LogP contribution is 2.38. The van der Waals surface area contributed by atoms with Crippen molar-refractivity contribution in [3.8, 4) is 11.6 Å². The van der Waals surface area contributed by atoms with E-state index in [0.29, 0.717) is 12.5 Å². The molecule has 2 unspecified atom stereocenters. The molecule has 0 radical (unpaired) electrons. The Morgan fingerprint density at radius 1 is 1.36 bits per heavy atom. The van der Waals surface area contributed by atoms with E-state index >= 15 is 0 Å². The van der Waals surface area contributed by atoms with Crippen molar-refractivity contribution >= 4 is 0 Å². The van der Waals surface area contributed by atoms with E-state index in [-0.39, 0.29) is 0 Å². The van der Waals surface area contributed by atoms with Gasteiger partial charge in [0.2, 0.25) is 5.88 Å². The topological polar surface area (TPSA) is 51.6 Å². The number of aliphatic hydroxyl groups is 1. The van der Waals surface area contributed by atoms with Crippen molar-refractivity contribution < 1.29 is 14.6 Å². The van der Waals surface area contributed by atoms with Crippen LogP contribution in [-0.4, -0.2) is 22.8 Å². The van der Waals surface area contributed by atoms with Crippen molar-refractivity contribution in [3.05, 3.63) is 53.2 Å². The first-order valence-corrected chi connectivity index (χ1v) is 7.61. The van der Waals surface area contributed by atoms with Crippen LogP contribution in [0.15, 0.2) is 36.5 Å². The Balaban J connectivity index is 1.99. The predicted octanol–water partition coefficient (Wildman–Crippen LogP) is 3.41. The summed E-state index contributed by atoms with van der Waals surface area (Å²) in [5.74, 6) is 1.49. The van der Waals surface area contributed by atoms with Gasteiger partial charge in [-0.25, -0.2) is 4.98 Å². The summed E-state index contributed by atoms with van der Waals surface area (Å²) in [6.45, 7) is 6.15. The van der Waals surface area contributed by atoms with Crippen LogP contribution >= 0.6 is 0 Å². The lowest BCUT2D eigenvalue weighted by Gasteiger charge is -2.34. The Morgan fingerprint density at radius 2 is 2.18 bits per heavy atom. The zero-order valence-corrected chi connectivity index (χ0v) is 13.2. The van der Waals surface area contributed by atoms with Crippen LogP contribution in [0.4, 0.5) is 0 Å². The predicted molar refractivity (Wildman–Crippen MR) is 84.2 cm³/mol. The van der Waals surface area contributed by atoms with Crippen LogP contribution in [-0.2, 0) is 16.8 Å². The van der Waals surface area contributed by atoms with Crippen molar-refractivity contribution in [2.75, 3.05) is 6.61 Å². The van der Waals surface area contributed by atoms with Gasteiger partial charge in [-0.3, -0.25) is 0 Å². The van der Waals surface area contributed by atoms with E-state index in [1.807, 2.05) is 38.1 Å². The number of benzene rings is 1. The van der Waals surface area contributed by atoms with Crippen LogP contribution in [0.25, 0.3) is 0 Å². The average molecular weight is 299 g/mol. The molecule has 2 atom stereocenters. The SMILES string of the molecule is CCOC(C)(c1ccc2c(c1)Cc1cccnc1O2)C(C)O. The van der Waals surface area contributed by atoms with Crippen LogP contribution in [0, 0.1) is 0 Å². The Kier molecular flexibility index (Phi) is 3.89. The van der Waals surface area contributed by atoms with Gasteiger partial charge in [0.15, 0.2) is 0 Å². The number of nitrogens with zero attached hydrogens (tertiary/aromatic N) is 1. The van der Waals surface area contributed by atoms with Gasteiger partial charge in [-0.1, -0.05) is 12.1 Å². The molecule has 0 saturated carbocycles. The molecule has 1 aliphatic rings. The number of pyridine rings is 1. The maximum absolute atomic E-state index is 10.2. The molecular weight excluding hydrogens is 278 g/mol. The lowest BCUT2D eigenvalue weighted by Crippen LogP contribution is -2.37. The van der Waals surface area contributed by atoms with Gasteiger partial charge in [0.1, 0.15) is 11.4 Å². The number of hydrogen-bond acceptors (Lipinski definition) is 4. The second-order valence-electron chi connectivity index (χ2n) is 5.79. The highest BCUT2D eigenvalue weighted by Gasteiger charge is 2.34. The molecule has 2 heterocycles. The molecule has 1 aromatic carbocycles. The molecule has 1 aromatic heterocycles. The monoisotopic (exact) mass is 299 g/mol. The second-order valence-corrected chi connectivity index (χ2v) is 5.79. The van der Waals surface area contributed by atoms with E-state index in [1.54, 1.807) is 13.1 Å². The van der Waals surface area contributed by atoms with E-state index in [4.69, 9.17) is 9.47 Å². The summed E-state index contributed by atoms with van der Waals surface area (Å²) < 4.78 is 11.7. The van der Waals surface area contributed by atoms with Crippen LogP contribution in [0.5, 0.6) is 11.6 Å². The standard InChI is InChI=1S/C18H21NO3/c1-4-21-18(3,12(2)20)15-7-8-16-14(11-15)10-13-6-5-9-19-17(13)22-16/h5-9,11-12,20H,4,10H2,1-3H3. The van der Waals surface area contributed by atoms with Crippen LogP contribution in [0.2, 0.25) is 0 Å². The Labute approximate surface area is 130 Å². The van der Waals surface area contributed by atoms with Gasteiger partial charge >= 0.3 is 0 Å². The zero-order valence-electron chi connectivity index (χ0n) is 13.2. The van der Waals surface area contributed by atoms with Gasteiger partial charge in [0.25, 0.3) is 0 Å². The fraction of sp³-hybridized carbons (Fsp3) is 0.389. The Morgan fingerprint density at radius 3 is 2.91 bits per heavy atom. The molecule has 3 rings (SSSR count). The molecule has 0 aliphatic carbocycles. The Hall–Kier alpha value is -1.91. The van der Waals surface area contributed by atoms with Crippen molar-refractivity contribution in [2.45, 2.75) is 38.9 Å². The summed E-state index contributed by atoms with van der Waals surface area (Å²) in [6.07, 6.45) is 1.90. The molecule has 0 bridgehead atoms. The number of hydrogen-bond donors (Lipinski definition) is 1. The van der Waals surface area contributed by atoms with Gasteiger partial charge < -0.3 is 14.6 Å². The summed E-state index contributed by atoms with van der Waals surface area (Å²) in [6, 6.07) is 9.89. The molecule has 1 N–H and O–H groups in total. The number of fused-ring (bicyclic) bond motifs is 2. The maximum atomic E-state index is 10.2. The van der Waals surface area contributed by atoms with E-state index in [0.717, 1.165) is 28.9 Å². The average Bonchev–Trinajstić information content (AvgIpc) is 2.52. The van der Waals surface area contributed by atoms with E-state index in [1.165, 1.54) is 0 Å². The third-order valence-corrected chi connectivity index (χ3v) is 4.31. The summed E-state index contributed by atoms with van der Waals surface area (Å²) in [4.78, 5) is 4.26. The summed E-state index contributed by atoms with van der Waals surface area (Å²) in [7, 11) is 0. The second kappa shape index (κ2) is 5.71. The maximum Gasteiger partial charge on any atom is 0.222 e. The van der Waals surface area contributed by atoms with Crippen molar-refractivity contribution in [1.82, 2.24) is 4.98 Å². The molecular formula is C18H21NO3. The number of aliphatic hydroxyl groups excluding tert-OH is 1. The van der Waals surface area contributed by atoms with Gasteiger partial charge in [0, 0.05) is 24.8 Å². The Bertz CT molecular complexity index is 684. The van der Waals surface area contributed by atoms with Crippen molar-refractivity contribution in [3.63, 3.8) is 0 Å². The van der Waals surface area contributed by atoms with Crippen LogP contribution < -0.4 is 4.74 Å². The van der Waals surface area contributed by atoms with Gasteiger partial charge in [-0.05, 0) is 50.1 Å². The largest absolute Gasteiger partial charge is 0.438 e. The third-order valence-electron chi connectivity index (χ3n) is 4.31. The van der Waals surface area contributed by atoms with E-state index < -0.39 is 11.7 Å². The zero-order chi connectivity index (χ0) is 15.7. The van der Waals surface area contributed by atoms with E-state index in [9.17, 15) is 5.11 Å². The van der Waals surface area contributed by atoms with Crippen LogP contribution in [0.3, 0.4) is 0 Å². The molecule has 4 heteroatoms. The van der Waals surface area contributed by atoms with Gasteiger partial charge in [-0.15, -0.1) is 0 Å². The molecule has 0 fully saturated rings. The first kappa shape index (κ1) is 15.0. The molecule has 116 valence electrons. The highest BCUT2D eigenvalue weighted by atomic mass is 16.5. The molecule has 1 aliphatic heterocycles. The van der Waals surface area contributed by atoms with Gasteiger partial charge in [0.05, 0.1) is 6.10 Å². The lowest BCUT2D eigenvalue weighted by molar-refractivity contribution is -0.107. The first-order chi connectivity index (χ1) is 10.5. The van der Waals surface area contributed by atoms with Crippen molar-refractivity contribution in [2.24, 2.45) is 0 Å². The highest BCUT2D eigenvalue weighted by molar-refractivity contribution is 5.49. The smallest absolute Gasteiger partial charge is 0.222 e. The molecule has 0 amide bonds. The minimum atomic E-state index is -0.723. The molecule has 0 spiro atoms. The van der Waals surface area contributed by atoms with Crippen molar-refractivity contribution in [1.29, 1.82) is 0 Å². The lowest BCUT2D eigenvalue weighted by atomic mass is 9.88. The minimum Gasteiger partial charge on any atom is -0.438 e. The summed E-state index contributed by atoms with van der Waals surface area (Å²) in [5, 5.41) is 10.2. The molecule has 0 saturated heterocycles. The molecule has 22 heavy (non-hydrogen) atoms.